The first-order valence-corrected chi connectivity index (χ1v) is 10.5. The number of carbonyl (C=O) groups is 1. The van der Waals surface area contributed by atoms with E-state index >= 15 is 0 Å². The quantitative estimate of drug-likeness (QED) is 0.631. The third-order valence-corrected chi connectivity index (χ3v) is 6.68. The van der Waals surface area contributed by atoms with Crippen LogP contribution in [0.3, 0.4) is 0 Å². The minimum atomic E-state index is 0.0965. The summed E-state index contributed by atoms with van der Waals surface area (Å²) < 4.78 is 5.84. The highest BCUT2D eigenvalue weighted by atomic mass is 32.1. The molecule has 1 aromatic carbocycles. The maximum atomic E-state index is 12.5. The maximum Gasteiger partial charge on any atom is 0.246 e. The molecule has 4 nitrogen and oxygen atoms in total. The van der Waals surface area contributed by atoms with Crippen molar-refractivity contribution in [2.45, 2.75) is 13.3 Å². The fourth-order valence-electron chi connectivity index (χ4n) is 3.17. The SMILES string of the molecule is CCc1ccc(/C=C/C(=O)N2CCN(c3nsc4ccccc34)CC2)s1. The normalized spacial score (nSPS) is 15.3. The van der Waals surface area contributed by atoms with Gasteiger partial charge in [0.05, 0.1) is 4.70 Å². The van der Waals surface area contributed by atoms with Gasteiger partial charge in [0.2, 0.25) is 5.91 Å². The number of carbonyl (C=O) groups excluding carboxylic acids is 1. The standard InChI is InChI=1S/C20H21N3OS2/c1-2-15-7-8-16(25-15)9-10-19(24)22-11-13-23(14-12-22)20-17-5-3-4-6-18(17)26-21-20/h3-10H,2,11-14H2,1H3/b10-9+. The molecule has 26 heavy (non-hydrogen) atoms. The molecular formula is C20H21N3OS2. The number of aromatic nitrogens is 1. The van der Waals surface area contributed by atoms with Gasteiger partial charge in [0.25, 0.3) is 0 Å². The first-order chi connectivity index (χ1) is 12.7. The second-order valence-corrected chi connectivity index (χ2v) is 8.31. The Morgan fingerprint density at radius 1 is 1.15 bits per heavy atom. The summed E-state index contributed by atoms with van der Waals surface area (Å²) in [7, 11) is 0. The second kappa shape index (κ2) is 7.60. The number of anilines is 1. The minimum Gasteiger partial charge on any atom is -0.352 e. The van der Waals surface area contributed by atoms with E-state index in [4.69, 9.17) is 0 Å². The van der Waals surface area contributed by atoms with E-state index in [2.05, 4.69) is 46.5 Å². The van der Waals surface area contributed by atoms with E-state index in [1.807, 2.05) is 17.0 Å². The molecule has 0 spiro atoms. The molecule has 4 rings (SSSR count). The summed E-state index contributed by atoms with van der Waals surface area (Å²) in [5, 5.41) is 1.21. The lowest BCUT2D eigenvalue weighted by molar-refractivity contribution is -0.126. The van der Waals surface area contributed by atoms with E-state index in [1.54, 1.807) is 28.9 Å². The summed E-state index contributed by atoms with van der Waals surface area (Å²) in [4.78, 5) is 19.2. The molecular weight excluding hydrogens is 362 g/mol. The highest BCUT2D eigenvalue weighted by molar-refractivity contribution is 7.13. The van der Waals surface area contributed by atoms with Gasteiger partial charge in [0, 0.05) is 47.4 Å². The first kappa shape index (κ1) is 17.2. The molecule has 6 heteroatoms. The lowest BCUT2D eigenvalue weighted by Gasteiger charge is -2.34. The summed E-state index contributed by atoms with van der Waals surface area (Å²) in [6, 6.07) is 12.5. The van der Waals surface area contributed by atoms with Gasteiger partial charge in [-0.3, -0.25) is 4.79 Å². The molecule has 0 radical (unpaired) electrons. The Labute approximate surface area is 161 Å². The van der Waals surface area contributed by atoms with Crippen LogP contribution < -0.4 is 4.90 Å². The van der Waals surface area contributed by atoms with E-state index in [1.165, 1.54) is 15.0 Å². The van der Waals surface area contributed by atoms with Crippen LogP contribution in [0.4, 0.5) is 5.82 Å². The van der Waals surface area contributed by atoms with Gasteiger partial charge in [-0.25, -0.2) is 0 Å². The van der Waals surface area contributed by atoms with Crippen LogP contribution >= 0.6 is 22.9 Å². The number of aryl methyl sites for hydroxylation is 1. The lowest BCUT2D eigenvalue weighted by atomic mass is 10.2. The Morgan fingerprint density at radius 2 is 1.96 bits per heavy atom. The zero-order valence-electron chi connectivity index (χ0n) is 14.7. The average Bonchev–Trinajstić information content (AvgIpc) is 3.33. The monoisotopic (exact) mass is 383 g/mol. The summed E-state index contributed by atoms with van der Waals surface area (Å²) >= 11 is 3.29. The second-order valence-electron chi connectivity index (χ2n) is 6.31. The van der Waals surface area contributed by atoms with Gasteiger partial charge >= 0.3 is 0 Å². The Kier molecular flexibility index (Phi) is 5.04. The van der Waals surface area contributed by atoms with Crippen LogP contribution in [0.15, 0.2) is 42.5 Å². The van der Waals surface area contributed by atoms with Crippen molar-refractivity contribution in [2.75, 3.05) is 31.1 Å². The van der Waals surface area contributed by atoms with Crippen molar-refractivity contribution < 1.29 is 4.79 Å². The molecule has 3 aromatic rings. The van der Waals surface area contributed by atoms with Crippen molar-refractivity contribution >= 4 is 50.8 Å². The van der Waals surface area contributed by atoms with Crippen molar-refractivity contribution in [1.82, 2.24) is 9.27 Å². The van der Waals surface area contributed by atoms with Gasteiger partial charge in [-0.05, 0) is 48.3 Å². The number of benzene rings is 1. The molecule has 1 aliphatic rings. The highest BCUT2D eigenvalue weighted by Gasteiger charge is 2.22. The van der Waals surface area contributed by atoms with Crippen molar-refractivity contribution in [3.8, 4) is 0 Å². The molecule has 1 fully saturated rings. The van der Waals surface area contributed by atoms with Crippen molar-refractivity contribution in [3.05, 3.63) is 52.2 Å². The zero-order valence-corrected chi connectivity index (χ0v) is 16.4. The van der Waals surface area contributed by atoms with Crippen LogP contribution in [0.2, 0.25) is 0 Å². The number of hydrogen-bond donors (Lipinski definition) is 0. The Bertz CT molecular complexity index is 935. The molecule has 134 valence electrons. The third-order valence-electron chi connectivity index (χ3n) is 4.67. The van der Waals surface area contributed by atoms with Crippen LogP contribution in [0.5, 0.6) is 0 Å². The Balaban J connectivity index is 1.37. The van der Waals surface area contributed by atoms with Crippen LogP contribution in [0, 0.1) is 0 Å². The van der Waals surface area contributed by atoms with Crippen LogP contribution in [-0.4, -0.2) is 41.4 Å². The zero-order chi connectivity index (χ0) is 17.9. The summed E-state index contributed by atoms with van der Waals surface area (Å²) in [5.74, 6) is 1.15. The van der Waals surface area contributed by atoms with Crippen LogP contribution in [-0.2, 0) is 11.2 Å². The molecule has 0 atom stereocenters. The largest absolute Gasteiger partial charge is 0.352 e. The summed E-state index contributed by atoms with van der Waals surface area (Å²) in [5.41, 5.74) is 0. The van der Waals surface area contributed by atoms with Gasteiger partial charge in [-0.2, -0.15) is 4.37 Å². The van der Waals surface area contributed by atoms with Gasteiger partial charge in [0.15, 0.2) is 0 Å². The summed E-state index contributed by atoms with van der Waals surface area (Å²) in [6.07, 6.45) is 4.69. The fourth-order valence-corrected chi connectivity index (χ4v) is 4.82. The molecule has 0 unspecified atom stereocenters. The number of piperazine rings is 1. The van der Waals surface area contributed by atoms with Gasteiger partial charge in [-0.15, -0.1) is 11.3 Å². The van der Waals surface area contributed by atoms with Crippen molar-refractivity contribution in [2.24, 2.45) is 0 Å². The minimum absolute atomic E-state index is 0.0965. The number of nitrogens with zero attached hydrogens (tertiary/aromatic N) is 3. The van der Waals surface area contributed by atoms with Gasteiger partial charge < -0.3 is 9.80 Å². The highest BCUT2D eigenvalue weighted by Crippen LogP contribution is 2.29. The molecule has 0 saturated carbocycles. The number of thiophene rings is 1. The van der Waals surface area contributed by atoms with Crippen molar-refractivity contribution in [3.63, 3.8) is 0 Å². The number of fused-ring (bicyclic) bond motifs is 1. The first-order valence-electron chi connectivity index (χ1n) is 8.89. The predicted octanol–water partition coefficient (Wildman–Crippen LogP) is 4.28. The van der Waals surface area contributed by atoms with E-state index in [9.17, 15) is 4.79 Å². The molecule has 0 bridgehead atoms. The molecule has 3 heterocycles. The van der Waals surface area contributed by atoms with Crippen LogP contribution in [0.1, 0.15) is 16.7 Å². The molecule has 1 amide bonds. The van der Waals surface area contributed by atoms with E-state index < -0.39 is 0 Å². The topological polar surface area (TPSA) is 36.4 Å². The smallest absolute Gasteiger partial charge is 0.246 e. The van der Waals surface area contributed by atoms with E-state index in [0.717, 1.165) is 43.3 Å². The van der Waals surface area contributed by atoms with E-state index in [-0.39, 0.29) is 5.91 Å². The molecule has 1 aliphatic heterocycles. The number of amides is 1. The van der Waals surface area contributed by atoms with E-state index in [0.29, 0.717) is 0 Å². The third kappa shape index (κ3) is 3.52. The summed E-state index contributed by atoms with van der Waals surface area (Å²) in [6.45, 7) is 5.27. The predicted molar refractivity (Wildman–Crippen MR) is 111 cm³/mol. The lowest BCUT2D eigenvalue weighted by Crippen LogP contribution is -2.48. The fraction of sp³-hybridized carbons (Fsp3) is 0.300. The van der Waals surface area contributed by atoms with Gasteiger partial charge in [-0.1, -0.05) is 19.1 Å². The maximum absolute atomic E-state index is 12.5. The van der Waals surface area contributed by atoms with Crippen LogP contribution in [0.25, 0.3) is 16.2 Å². The van der Waals surface area contributed by atoms with Crippen molar-refractivity contribution in [1.29, 1.82) is 0 Å². The Hall–Kier alpha value is -2.18. The van der Waals surface area contributed by atoms with Gasteiger partial charge in [0.1, 0.15) is 5.82 Å². The molecule has 2 aromatic heterocycles. The average molecular weight is 384 g/mol. The molecule has 0 N–H and O–H groups in total. The molecule has 1 saturated heterocycles. The Morgan fingerprint density at radius 3 is 2.73 bits per heavy atom. The number of rotatable bonds is 4. The number of hydrogen-bond acceptors (Lipinski definition) is 5. The molecule has 0 aliphatic carbocycles.